The summed E-state index contributed by atoms with van der Waals surface area (Å²) in [5.41, 5.74) is 3.30. The maximum Gasteiger partial charge on any atom is 0.253 e. The largest absolute Gasteiger partial charge is 0.497 e. The van der Waals surface area contributed by atoms with Crippen molar-refractivity contribution in [3.63, 3.8) is 0 Å². The number of methoxy groups -OCH3 is 1. The normalized spacial score (nSPS) is 19.1. The van der Waals surface area contributed by atoms with Gasteiger partial charge in [0.1, 0.15) is 11.5 Å². The summed E-state index contributed by atoms with van der Waals surface area (Å²) in [5.74, 6) is 2.40. The van der Waals surface area contributed by atoms with E-state index >= 15 is 0 Å². The SMILES string of the molecule is COc1ccc2c(c1)OC[C@@H](Cc1ccc(C(=O)N3CCCCC3)cc1)C2. The summed E-state index contributed by atoms with van der Waals surface area (Å²) >= 11 is 0. The number of amides is 1. The van der Waals surface area contributed by atoms with Gasteiger partial charge in [0.25, 0.3) is 5.91 Å². The highest BCUT2D eigenvalue weighted by Crippen LogP contribution is 2.32. The van der Waals surface area contributed by atoms with Gasteiger partial charge in [0, 0.05) is 30.6 Å². The molecule has 2 heterocycles. The molecule has 0 spiro atoms. The molecule has 27 heavy (non-hydrogen) atoms. The van der Waals surface area contributed by atoms with Crippen LogP contribution in [0.3, 0.4) is 0 Å². The molecule has 1 atom stereocenters. The third kappa shape index (κ3) is 4.10. The number of ether oxygens (including phenoxy) is 2. The lowest BCUT2D eigenvalue weighted by Gasteiger charge is -2.27. The van der Waals surface area contributed by atoms with Gasteiger partial charge in [0.05, 0.1) is 13.7 Å². The molecule has 1 amide bonds. The summed E-state index contributed by atoms with van der Waals surface area (Å²) in [6.45, 7) is 2.50. The van der Waals surface area contributed by atoms with Gasteiger partial charge in [0.15, 0.2) is 0 Å². The number of hydrogen-bond donors (Lipinski definition) is 0. The van der Waals surface area contributed by atoms with Crippen molar-refractivity contribution in [3.05, 3.63) is 59.2 Å². The average molecular weight is 365 g/mol. The molecule has 1 fully saturated rings. The molecule has 142 valence electrons. The predicted molar refractivity (Wildman–Crippen MR) is 106 cm³/mol. The molecule has 4 heteroatoms. The lowest BCUT2D eigenvalue weighted by atomic mass is 9.90. The molecule has 0 aliphatic carbocycles. The molecule has 0 aromatic heterocycles. The molecule has 2 aromatic rings. The van der Waals surface area contributed by atoms with E-state index < -0.39 is 0 Å². The zero-order valence-electron chi connectivity index (χ0n) is 15.9. The number of benzene rings is 2. The molecule has 0 radical (unpaired) electrons. The first kappa shape index (κ1) is 17.9. The third-order valence-electron chi connectivity index (χ3n) is 5.63. The maximum atomic E-state index is 12.6. The van der Waals surface area contributed by atoms with Crippen LogP contribution in [-0.2, 0) is 12.8 Å². The maximum absolute atomic E-state index is 12.6. The van der Waals surface area contributed by atoms with E-state index in [9.17, 15) is 4.79 Å². The van der Waals surface area contributed by atoms with E-state index in [4.69, 9.17) is 9.47 Å². The van der Waals surface area contributed by atoms with Gasteiger partial charge in [-0.05, 0) is 61.4 Å². The molecule has 2 aliphatic rings. The van der Waals surface area contributed by atoms with Crippen molar-refractivity contribution < 1.29 is 14.3 Å². The highest BCUT2D eigenvalue weighted by Gasteiger charge is 2.21. The molecule has 1 saturated heterocycles. The lowest BCUT2D eigenvalue weighted by molar-refractivity contribution is 0.0724. The molecule has 0 unspecified atom stereocenters. The van der Waals surface area contributed by atoms with Gasteiger partial charge in [-0.15, -0.1) is 0 Å². The Bertz CT molecular complexity index is 794. The Morgan fingerprint density at radius 3 is 2.63 bits per heavy atom. The highest BCUT2D eigenvalue weighted by atomic mass is 16.5. The van der Waals surface area contributed by atoms with Gasteiger partial charge in [-0.25, -0.2) is 0 Å². The van der Waals surface area contributed by atoms with Crippen molar-refractivity contribution in [1.29, 1.82) is 0 Å². The third-order valence-corrected chi connectivity index (χ3v) is 5.63. The molecular formula is C23H27NO3. The zero-order valence-corrected chi connectivity index (χ0v) is 15.9. The second-order valence-corrected chi connectivity index (χ2v) is 7.61. The van der Waals surface area contributed by atoms with Crippen molar-refractivity contribution in [2.75, 3.05) is 26.8 Å². The number of carbonyl (C=O) groups is 1. The van der Waals surface area contributed by atoms with E-state index in [-0.39, 0.29) is 5.91 Å². The Hall–Kier alpha value is -2.49. The van der Waals surface area contributed by atoms with E-state index in [1.54, 1.807) is 7.11 Å². The van der Waals surface area contributed by atoms with Gasteiger partial charge < -0.3 is 14.4 Å². The minimum absolute atomic E-state index is 0.171. The molecule has 4 nitrogen and oxygen atoms in total. The van der Waals surface area contributed by atoms with E-state index in [0.717, 1.165) is 55.8 Å². The van der Waals surface area contributed by atoms with Gasteiger partial charge in [-0.1, -0.05) is 18.2 Å². The second kappa shape index (κ2) is 8.03. The van der Waals surface area contributed by atoms with Gasteiger partial charge in [-0.2, -0.15) is 0 Å². The number of fused-ring (bicyclic) bond motifs is 1. The summed E-state index contributed by atoms with van der Waals surface area (Å²) < 4.78 is 11.2. The smallest absolute Gasteiger partial charge is 0.253 e. The highest BCUT2D eigenvalue weighted by molar-refractivity contribution is 5.94. The number of piperidine rings is 1. The molecule has 2 aliphatic heterocycles. The fourth-order valence-electron chi connectivity index (χ4n) is 4.07. The van der Waals surface area contributed by atoms with Gasteiger partial charge in [-0.3, -0.25) is 4.79 Å². The standard InChI is InChI=1S/C23H27NO3/c1-26-21-10-9-20-14-18(16-27-22(20)15-21)13-17-5-7-19(8-6-17)23(25)24-11-3-2-4-12-24/h5-10,15,18H,2-4,11-14,16H2,1H3/t18-/m0/s1. The van der Waals surface area contributed by atoms with Crippen LogP contribution in [0.25, 0.3) is 0 Å². The Balaban J connectivity index is 1.38. The van der Waals surface area contributed by atoms with Gasteiger partial charge >= 0.3 is 0 Å². The Morgan fingerprint density at radius 2 is 1.89 bits per heavy atom. The van der Waals surface area contributed by atoms with Crippen molar-refractivity contribution in [2.45, 2.75) is 32.1 Å². The monoisotopic (exact) mass is 365 g/mol. The van der Waals surface area contributed by atoms with E-state index in [2.05, 4.69) is 18.2 Å². The average Bonchev–Trinajstić information content (AvgIpc) is 2.74. The lowest BCUT2D eigenvalue weighted by Crippen LogP contribution is -2.35. The summed E-state index contributed by atoms with van der Waals surface area (Å²) in [4.78, 5) is 14.6. The first-order valence-electron chi connectivity index (χ1n) is 9.91. The number of likely N-dealkylation sites (tertiary alicyclic amines) is 1. The van der Waals surface area contributed by atoms with Crippen LogP contribution >= 0.6 is 0 Å². The first-order valence-corrected chi connectivity index (χ1v) is 9.91. The summed E-state index contributed by atoms with van der Waals surface area (Å²) in [6, 6.07) is 14.2. The van der Waals surface area contributed by atoms with Crippen LogP contribution < -0.4 is 9.47 Å². The van der Waals surface area contributed by atoms with E-state index in [0.29, 0.717) is 12.5 Å². The van der Waals surface area contributed by atoms with Crippen molar-refractivity contribution in [3.8, 4) is 11.5 Å². The van der Waals surface area contributed by atoms with Gasteiger partial charge in [0.2, 0.25) is 0 Å². The molecule has 0 saturated carbocycles. The van der Waals surface area contributed by atoms with Crippen LogP contribution in [0.4, 0.5) is 0 Å². The second-order valence-electron chi connectivity index (χ2n) is 7.61. The van der Waals surface area contributed by atoms with E-state index in [1.807, 2.05) is 29.2 Å². The number of carbonyl (C=O) groups excluding carboxylic acids is 1. The van der Waals surface area contributed by atoms with Crippen LogP contribution in [0.5, 0.6) is 11.5 Å². The van der Waals surface area contributed by atoms with Crippen molar-refractivity contribution in [1.82, 2.24) is 4.90 Å². The number of nitrogens with zero attached hydrogens (tertiary/aromatic N) is 1. The Labute approximate surface area is 161 Å². The first-order chi connectivity index (χ1) is 13.2. The molecule has 4 rings (SSSR count). The van der Waals surface area contributed by atoms with Crippen LogP contribution in [-0.4, -0.2) is 37.6 Å². The molecule has 0 N–H and O–H groups in total. The number of hydrogen-bond acceptors (Lipinski definition) is 3. The van der Waals surface area contributed by atoms with Crippen molar-refractivity contribution >= 4 is 5.91 Å². The van der Waals surface area contributed by atoms with E-state index in [1.165, 1.54) is 17.5 Å². The van der Waals surface area contributed by atoms with Crippen LogP contribution in [0.1, 0.15) is 40.7 Å². The zero-order chi connectivity index (χ0) is 18.6. The molecular weight excluding hydrogens is 338 g/mol. The van der Waals surface area contributed by atoms with Crippen LogP contribution in [0, 0.1) is 5.92 Å². The predicted octanol–water partition coefficient (Wildman–Crippen LogP) is 4.12. The Morgan fingerprint density at radius 1 is 1.11 bits per heavy atom. The Kier molecular flexibility index (Phi) is 5.33. The molecule has 0 bridgehead atoms. The van der Waals surface area contributed by atoms with Crippen LogP contribution in [0.2, 0.25) is 0 Å². The molecule has 2 aromatic carbocycles. The quantitative estimate of drug-likeness (QED) is 0.818. The number of rotatable bonds is 4. The fourth-order valence-corrected chi connectivity index (χ4v) is 4.07. The fraction of sp³-hybridized carbons (Fsp3) is 0.435. The minimum atomic E-state index is 0.171. The van der Waals surface area contributed by atoms with Crippen molar-refractivity contribution in [2.24, 2.45) is 5.92 Å². The summed E-state index contributed by atoms with van der Waals surface area (Å²) in [6.07, 6.45) is 5.46. The minimum Gasteiger partial charge on any atom is -0.497 e. The summed E-state index contributed by atoms with van der Waals surface area (Å²) in [7, 11) is 1.67. The topological polar surface area (TPSA) is 38.8 Å². The summed E-state index contributed by atoms with van der Waals surface area (Å²) in [5, 5.41) is 0. The van der Waals surface area contributed by atoms with Crippen LogP contribution in [0.15, 0.2) is 42.5 Å².